The van der Waals surface area contributed by atoms with Gasteiger partial charge in [-0.15, -0.1) is 0 Å². The normalized spacial score (nSPS) is 11.6. The van der Waals surface area contributed by atoms with Crippen LogP contribution < -0.4 is 0 Å². The quantitative estimate of drug-likeness (QED) is 0.154. The third kappa shape index (κ3) is 6.70. The summed E-state index contributed by atoms with van der Waals surface area (Å²) < 4.78 is 5.39. The van der Waals surface area contributed by atoms with Crippen LogP contribution in [0.2, 0.25) is 15.1 Å². The fourth-order valence-corrected chi connectivity index (χ4v) is 5.65. The van der Waals surface area contributed by atoms with Gasteiger partial charge in [0, 0.05) is 29.1 Å². The van der Waals surface area contributed by atoms with Gasteiger partial charge >= 0.3 is 5.97 Å². The first-order valence-corrected chi connectivity index (χ1v) is 14.6. The highest BCUT2D eigenvalue weighted by Crippen LogP contribution is 2.33. The van der Waals surface area contributed by atoms with Crippen LogP contribution >= 0.6 is 34.8 Å². The standard InChI is InChI=1S/C34H25Cl3N2O5/c1-20-30(31(38-44-20)25-12-5-6-13-27(25)36)32(40)23-11-7-10-22(16-23)19-39(33(41)26-15-14-24(35)18-28(26)37)29(34(42)43)17-21-8-3-2-4-9-21/h2-16,18,29H,17,19H2,1H3,(H,42,43). The van der Waals surface area contributed by atoms with Crippen molar-refractivity contribution < 1.29 is 24.0 Å². The number of hydrogen-bond donors (Lipinski definition) is 1. The molecule has 0 saturated heterocycles. The van der Waals surface area contributed by atoms with Crippen molar-refractivity contribution in [3.8, 4) is 11.3 Å². The zero-order valence-corrected chi connectivity index (χ0v) is 25.6. The summed E-state index contributed by atoms with van der Waals surface area (Å²) in [6.45, 7) is 1.52. The van der Waals surface area contributed by atoms with Crippen LogP contribution in [-0.2, 0) is 17.8 Å². The molecule has 1 unspecified atom stereocenters. The number of ketones is 1. The van der Waals surface area contributed by atoms with E-state index < -0.39 is 17.9 Å². The molecule has 0 bridgehead atoms. The summed E-state index contributed by atoms with van der Waals surface area (Å²) in [5.74, 6) is -1.83. The van der Waals surface area contributed by atoms with Crippen LogP contribution in [0, 0.1) is 6.92 Å². The van der Waals surface area contributed by atoms with Gasteiger partial charge in [-0.25, -0.2) is 4.79 Å². The Morgan fingerprint density at radius 1 is 0.841 bits per heavy atom. The number of carbonyl (C=O) groups excluding carboxylic acids is 2. The van der Waals surface area contributed by atoms with Gasteiger partial charge in [-0.1, -0.05) is 107 Å². The Morgan fingerprint density at radius 2 is 1.55 bits per heavy atom. The lowest BCUT2D eigenvalue weighted by Gasteiger charge is -2.30. The molecular weight excluding hydrogens is 623 g/mol. The number of aryl methyl sites for hydroxylation is 1. The maximum absolute atomic E-state index is 13.9. The number of rotatable bonds is 10. The second-order valence-corrected chi connectivity index (χ2v) is 11.3. The number of halogens is 3. The molecule has 4 aromatic carbocycles. The summed E-state index contributed by atoms with van der Waals surface area (Å²) in [5, 5.41) is 15.3. The maximum atomic E-state index is 13.9. The molecular formula is C34H25Cl3N2O5. The summed E-state index contributed by atoms with van der Waals surface area (Å²) in [7, 11) is 0. The first-order valence-electron chi connectivity index (χ1n) is 13.5. The Labute approximate surface area is 268 Å². The lowest BCUT2D eigenvalue weighted by Crippen LogP contribution is -2.46. The Morgan fingerprint density at radius 3 is 2.25 bits per heavy atom. The van der Waals surface area contributed by atoms with Gasteiger partial charge in [-0.2, -0.15) is 0 Å². The number of amides is 1. The molecule has 222 valence electrons. The van der Waals surface area contributed by atoms with Crippen molar-refractivity contribution in [1.82, 2.24) is 10.1 Å². The minimum atomic E-state index is -1.25. The van der Waals surface area contributed by atoms with E-state index in [0.717, 1.165) is 5.56 Å². The van der Waals surface area contributed by atoms with Crippen LogP contribution in [0.15, 0.2) is 102 Å². The van der Waals surface area contributed by atoms with Gasteiger partial charge in [0.25, 0.3) is 5.91 Å². The molecule has 0 saturated carbocycles. The van der Waals surface area contributed by atoms with Crippen molar-refractivity contribution in [3.63, 3.8) is 0 Å². The highest BCUT2D eigenvalue weighted by molar-refractivity contribution is 6.36. The highest BCUT2D eigenvalue weighted by Gasteiger charge is 2.32. The summed E-state index contributed by atoms with van der Waals surface area (Å²) in [4.78, 5) is 41.7. The minimum Gasteiger partial charge on any atom is -0.480 e. The van der Waals surface area contributed by atoms with E-state index in [-0.39, 0.29) is 34.9 Å². The predicted octanol–water partition coefficient (Wildman–Crippen LogP) is 8.18. The molecule has 1 amide bonds. The van der Waals surface area contributed by atoms with Gasteiger partial charge in [-0.05, 0) is 48.4 Å². The van der Waals surface area contributed by atoms with Crippen molar-refractivity contribution >= 4 is 52.5 Å². The third-order valence-electron chi connectivity index (χ3n) is 7.12. The van der Waals surface area contributed by atoms with E-state index in [4.69, 9.17) is 39.3 Å². The van der Waals surface area contributed by atoms with Gasteiger partial charge < -0.3 is 14.5 Å². The second kappa shape index (κ2) is 13.5. The molecule has 44 heavy (non-hydrogen) atoms. The number of nitrogens with zero attached hydrogens (tertiary/aromatic N) is 2. The van der Waals surface area contributed by atoms with E-state index in [9.17, 15) is 19.5 Å². The second-order valence-electron chi connectivity index (χ2n) is 10.1. The molecule has 0 spiro atoms. The van der Waals surface area contributed by atoms with Crippen molar-refractivity contribution in [2.24, 2.45) is 0 Å². The number of carboxylic acid groups (broad SMARTS) is 1. The number of carboxylic acids is 1. The van der Waals surface area contributed by atoms with Crippen molar-refractivity contribution in [2.75, 3.05) is 0 Å². The third-order valence-corrected chi connectivity index (χ3v) is 7.99. The first-order chi connectivity index (χ1) is 21.1. The summed E-state index contributed by atoms with van der Waals surface area (Å²) in [5.41, 5.74) is 2.78. The molecule has 0 aliphatic rings. The Balaban J connectivity index is 1.53. The Kier molecular flexibility index (Phi) is 9.49. The Bertz CT molecular complexity index is 1860. The molecule has 5 aromatic rings. The predicted molar refractivity (Wildman–Crippen MR) is 169 cm³/mol. The number of carbonyl (C=O) groups is 3. The van der Waals surface area contributed by atoms with Crippen molar-refractivity contribution in [3.05, 3.63) is 146 Å². The number of aliphatic carboxylic acids is 1. The van der Waals surface area contributed by atoms with Gasteiger partial charge in [0.05, 0.1) is 21.2 Å². The number of aromatic nitrogens is 1. The van der Waals surface area contributed by atoms with E-state index in [0.29, 0.717) is 38.2 Å². The number of benzene rings is 4. The largest absolute Gasteiger partial charge is 0.480 e. The summed E-state index contributed by atoms with van der Waals surface area (Å²) in [6, 6.07) is 25.8. The molecule has 10 heteroatoms. The van der Waals surface area contributed by atoms with E-state index in [1.54, 1.807) is 79.7 Å². The van der Waals surface area contributed by atoms with Crippen LogP contribution in [0.5, 0.6) is 0 Å². The number of hydrogen-bond acceptors (Lipinski definition) is 5. The average Bonchev–Trinajstić information content (AvgIpc) is 3.39. The molecule has 0 aliphatic carbocycles. The van der Waals surface area contributed by atoms with E-state index in [2.05, 4.69) is 5.16 Å². The lowest BCUT2D eigenvalue weighted by molar-refractivity contribution is -0.142. The first kappa shape index (κ1) is 31.0. The Hall–Kier alpha value is -4.43. The smallest absolute Gasteiger partial charge is 0.326 e. The van der Waals surface area contributed by atoms with Crippen LogP contribution in [0.1, 0.15) is 43.2 Å². The molecule has 0 radical (unpaired) electrons. The van der Waals surface area contributed by atoms with Crippen LogP contribution in [0.4, 0.5) is 0 Å². The zero-order chi connectivity index (χ0) is 31.4. The fraction of sp³-hybridized carbons (Fsp3) is 0.118. The SMILES string of the molecule is Cc1onc(-c2ccccc2Cl)c1C(=O)c1cccc(CN(C(=O)c2ccc(Cl)cc2Cl)C(Cc2ccccc2)C(=O)O)c1. The van der Waals surface area contributed by atoms with Crippen molar-refractivity contribution in [1.29, 1.82) is 0 Å². The van der Waals surface area contributed by atoms with E-state index >= 15 is 0 Å². The molecule has 1 N–H and O–H groups in total. The molecule has 5 rings (SSSR count). The van der Waals surface area contributed by atoms with Crippen LogP contribution in [-0.4, -0.2) is 38.9 Å². The molecule has 1 atom stereocenters. The zero-order valence-electron chi connectivity index (χ0n) is 23.3. The highest BCUT2D eigenvalue weighted by atomic mass is 35.5. The topological polar surface area (TPSA) is 101 Å². The summed E-state index contributed by atoms with van der Waals surface area (Å²) in [6.07, 6.45) is 0.0484. The van der Waals surface area contributed by atoms with Crippen LogP contribution in [0.3, 0.4) is 0 Å². The van der Waals surface area contributed by atoms with Crippen molar-refractivity contribution in [2.45, 2.75) is 25.9 Å². The summed E-state index contributed by atoms with van der Waals surface area (Å²) >= 11 is 18.8. The lowest BCUT2D eigenvalue weighted by atomic mass is 9.96. The van der Waals surface area contributed by atoms with Gasteiger partial charge in [-0.3, -0.25) is 9.59 Å². The monoisotopic (exact) mass is 646 g/mol. The molecule has 1 aromatic heterocycles. The molecule has 7 nitrogen and oxygen atoms in total. The van der Waals surface area contributed by atoms with Gasteiger partial charge in [0.2, 0.25) is 0 Å². The molecule has 1 heterocycles. The average molecular weight is 648 g/mol. The van der Waals surface area contributed by atoms with E-state index in [1.165, 1.54) is 23.1 Å². The van der Waals surface area contributed by atoms with Gasteiger partial charge in [0.1, 0.15) is 17.5 Å². The fourth-order valence-electron chi connectivity index (χ4n) is 4.94. The van der Waals surface area contributed by atoms with E-state index in [1.807, 2.05) is 6.07 Å². The molecule has 0 aliphatic heterocycles. The minimum absolute atomic E-state index is 0.0484. The molecule has 0 fully saturated rings. The van der Waals surface area contributed by atoms with Gasteiger partial charge in [0.15, 0.2) is 5.78 Å². The van der Waals surface area contributed by atoms with Crippen LogP contribution in [0.25, 0.3) is 11.3 Å². The maximum Gasteiger partial charge on any atom is 0.326 e.